The maximum absolute atomic E-state index is 13.5. The first-order valence-corrected chi connectivity index (χ1v) is 12.7. The number of rotatable bonds is 7. The molecular formula is C28H27F2N7O3. The van der Waals surface area contributed by atoms with Crippen molar-refractivity contribution >= 4 is 23.4 Å². The van der Waals surface area contributed by atoms with Crippen LogP contribution in [0.4, 0.5) is 25.1 Å². The zero-order valence-corrected chi connectivity index (χ0v) is 22.1. The third-order valence-corrected chi connectivity index (χ3v) is 6.88. The molecule has 206 valence electrons. The summed E-state index contributed by atoms with van der Waals surface area (Å²) in [5, 5.41) is 6.24. The van der Waals surface area contributed by atoms with Crippen molar-refractivity contribution in [1.82, 2.24) is 24.6 Å². The first kappa shape index (κ1) is 26.7. The van der Waals surface area contributed by atoms with Crippen LogP contribution in [0, 0.1) is 0 Å². The molecule has 1 aliphatic heterocycles. The van der Waals surface area contributed by atoms with E-state index in [2.05, 4.69) is 15.4 Å². The molecule has 2 aromatic carbocycles. The largest absolute Gasteiger partial charge is 0.355 e. The van der Waals surface area contributed by atoms with Crippen molar-refractivity contribution in [2.24, 2.45) is 7.05 Å². The Balaban J connectivity index is 1.46. The van der Waals surface area contributed by atoms with E-state index in [4.69, 9.17) is 0 Å². The summed E-state index contributed by atoms with van der Waals surface area (Å²) in [5.41, 5.74) is 3.14. The summed E-state index contributed by atoms with van der Waals surface area (Å²) in [7, 11) is 2.88. The van der Waals surface area contributed by atoms with Gasteiger partial charge in [-0.05, 0) is 53.9 Å². The average molecular weight is 548 g/mol. The molecule has 0 atom stereocenters. The van der Waals surface area contributed by atoms with Gasteiger partial charge in [0.15, 0.2) is 0 Å². The van der Waals surface area contributed by atoms with Crippen molar-refractivity contribution in [3.05, 3.63) is 88.2 Å². The van der Waals surface area contributed by atoms with Gasteiger partial charge in [0.2, 0.25) is 5.82 Å². The smallest absolute Gasteiger partial charge is 0.350 e. The average Bonchev–Trinajstić information content (AvgIpc) is 3.51. The van der Waals surface area contributed by atoms with E-state index in [1.807, 2.05) is 13.0 Å². The number of amides is 3. The number of nitrogens with one attached hydrogen (secondary N) is 1. The second kappa shape index (κ2) is 10.7. The van der Waals surface area contributed by atoms with Gasteiger partial charge in [-0.15, -0.1) is 5.10 Å². The molecule has 1 fully saturated rings. The molecule has 0 radical (unpaired) electrons. The molecule has 1 aliphatic rings. The zero-order chi connectivity index (χ0) is 28.6. The molecule has 0 bridgehead atoms. The minimum absolute atomic E-state index is 0.238. The van der Waals surface area contributed by atoms with Crippen LogP contribution in [0.2, 0.25) is 0 Å². The highest BCUT2D eigenvalue weighted by molar-refractivity contribution is 6.07. The summed E-state index contributed by atoms with van der Waals surface area (Å²) in [5.74, 6) is -0.334. The van der Waals surface area contributed by atoms with Crippen molar-refractivity contribution in [3.8, 4) is 16.8 Å². The molecule has 10 nitrogen and oxygen atoms in total. The summed E-state index contributed by atoms with van der Waals surface area (Å²) in [6, 6.07) is 15.1. The molecule has 0 aliphatic carbocycles. The summed E-state index contributed by atoms with van der Waals surface area (Å²) >= 11 is 0. The van der Waals surface area contributed by atoms with Crippen LogP contribution in [0.25, 0.3) is 16.8 Å². The lowest BCUT2D eigenvalue weighted by atomic mass is 9.98. The zero-order valence-electron chi connectivity index (χ0n) is 22.1. The lowest BCUT2D eigenvalue weighted by molar-refractivity contribution is 0.0963. The summed E-state index contributed by atoms with van der Waals surface area (Å²) in [6.45, 7) is 2.80. The van der Waals surface area contributed by atoms with E-state index >= 15 is 0 Å². The monoisotopic (exact) mass is 547 g/mol. The van der Waals surface area contributed by atoms with Crippen LogP contribution in [0.5, 0.6) is 0 Å². The molecule has 1 saturated heterocycles. The quantitative estimate of drug-likeness (QED) is 0.377. The minimum atomic E-state index is -2.91. The van der Waals surface area contributed by atoms with Crippen LogP contribution in [0.15, 0.2) is 65.6 Å². The van der Waals surface area contributed by atoms with Crippen molar-refractivity contribution < 1.29 is 18.4 Å². The first-order valence-electron chi connectivity index (χ1n) is 12.7. The van der Waals surface area contributed by atoms with E-state index < -0.39 is 17.9 Å². The van der Waals surface area contributed by atoms with Gasteiger partial charge in [0, 0.05) is 50.2 Å². The molecule has 0 unspecified atom stereocenters. The lowest BCUT2D eigenvalue weighted by Crippen LogP contribution is -2.33. The molecule has 5 rings (SSSR count). The molecule has 3 heterocycles. The highest BCUT2D eigenvalue weighted by Gasteiger charge is 2.33. The Bertz CT molecular complexity index is 1650. The Labute approximate surface area is 228 Å². The first-order chi connectivity index (χ1) is 19.2. The number of anilines is 2. The number of aryl methyl sites for hydroxylation is 1. The van der Waals surface area contributed by atoms with E-state index in [1.54, 1.807) is 71.6 Å². The van der Waals surface area contributed by atoms with Crippen molar-refractivity contribution in [1.29, 1.82) is 0 Å². The number of urea groups is 1. The minimum Gasteiger partial charge on any atom is -0.355 e. The fourth-order valence-electron chi connectivity index (χ4n) is 4.92. The van der Waals surface area contributed by atoms with Gasteiger partial charge < -0.3 is 5.32 Å². The fourth-order valence-corrected chi connectivity index (χ4v) is 4.92. The van der Waals surface area contributed by atoms with Crippen LogP contribution in [0.3, 0.4) is 0 Å². The summed E-state index contributed by atoms with van der Waals surface area (Å²) < 4.78 is 28.7. The van der Waals surface area contributed by atoms with E-state index in [1.165, 1.54) is 7.05 Å². The van der Waals surface area contributed by atoms with Gasteiger partial charge >= 0.3 is 11.7 Å². The number of carbonyl (C=O) groups excluding carboxylic acids is 2. The standard InChI is InChI=1S/C28H27F2N7O3/c1-4-21-22(17-8-10-19(11-9-17)37-25(23(29)30)33-34(3)27(37)39)12-13-32-24(21)36-15-14-35(28(36)40)20-7-5-6-18(16-20)26(38)31-2/h5-13,16,23H,4,14-15H2,1-3H3,(H,31,38). The van der Waals surface area contributed by atoms with Gasteiger partial charge in [0.1, 0.15) is 5.82 Å². The SMILES string of the molecule is CCc1c(-c2ccc(-n3c(C(F)F)nn(C)c3=O)cc2)ccnc1N1CCN(c2cccc(C(=O)NC)c2)C1=O. The maximum Gasteiger partial charge on any atom is 0.350 e. The Morgan fingerprint density at radius 2 is 1.75 bits per heavy atom. The number of alkyl halides is 2. The highest BCUT2D eigenvalue weighted by Crippen LogP contribution is 2.33. The van der Waals surface area contributed by atoms with Crippen LogP contribution >= 0.6 is 0 Å². The Kier molecular flexibility index (Phi) is 7.16. The predicted molar refractivity (Wildman–Crippen MR) is 146 cm³/mol. The molecular weight excluding hydrogens is 520 g/mol. The van der Waals surface area contributed by atoms with Crippen molar-refractivity contribution in [2.45, 2.75) is 19.8 Å². The van der Waals surface area contributed by atoms with Crippen LogP contribution in [-0.2, 0) is 13.5 Å². The molecule has 12 heteroatoms. The molecule has 0 spiro atoms. The molecule has 4 aromatic rings. The Morgan fingerprint density at radius 1 is 1.02 bits per heavy atom. The van der Waals surface area contributed by atoms with Crippen molar-refractivity contribution in [3.63, 3.8) is 0 Å². The van der Waals surface area contributed by atoms with E-state index in [0.29, 0.717) is 36.6 Å². The number of hydrogen-bond donors (Lipinski definition) is 1. The normalized spacial score (nSPS) is 13.4. The number of hydrogen-bond acceptors (Lipinski definition) is 5. The highest BCUT2D eigenvalue weighted by atomic mass is 19.3. The number of pyridine rings is 1. The molecule has 1 N–H and O–H groups in total. The van der Waals surface area contributed by atoms with Gasteiger partial charge in [-0.2, -0.15) is 0 Å². The van der Waals surface area contributed by atoms with Gasteiger partial charge in [0.05, 0.1) is 5.69 Å². The van der Waals surface area contributed by atoms with E-state index in [0.717, 1.165) is 25.9 Å². The van der Waals surface area contributed by atoms with Gasteiger partial charge in [-0.25, -0.2) is 32.6 Å². The second-order valence-corrected chi connectivity index (χ2v) is 9.18. The third-order valence-electron chi connectivity index (χ3n) is 6.88. The Hall–Kier alpha value is -4.87. The predicted octanol–water partition coefficient (Wildman–Crippen LogP) is 3.94. The maximum atomic E-state index is 13.5. The third kappa shape index (κ3) is 4.61. The van der Waals surface area contributed by atoms with Crippen LogP contribution in [0.1, 0.15) is 35.1 Å². The van der Waals surface area contributed by atoms with Gasteiger partial charge in [0.25, 0.3) is 12.3 Å². The lowest BCUT2D eigenvalue weighted by Gasteiger charge is -2.22. The fraction of sp³-hybridized carbons (Fsp3) is 0.250. The summed E-state index contributed by atoms with van der Waals surface area (Å²) in [6.07, 6.45) is -0.708. The molecule has 2 aromatic heterocycles. The number of carbonyl (C=O) groups is 2. The second-order valence-electron chi connectivity index (χ2n) is 9.18. The Morgan fingerprint density at radius 3 is 2.42 bits per heavy atom. The van der Waals surface area contributed by atoms with Crippen molar-refractivity contribution in [2.75, 3.05) is 29.9 Å². The molecule has 0 saturated carbocycles. The number of aromatic nitrogens is 4. The number of halogens is 2. The number of nitrogens with zero attached hydrogens (tertiary/aromatic N) is 6. The number of benzene rings is 2. The van der Waals surface area contributed by atoms with Crippen LogP contribution < -0.4 is 20.8 Å². The van der Waals surface area contributed by atoms with Crippen LogP contribution in [-0.4, -0.2) is 51.4 Å². The van der Waals surface area contributed by atoms with E-state index in [9.17, 15) is 23.2 Å². The molecule has 40 heavy (non-hydrogen) atoms. The van der Waals surface area contributed by atoms with Gasteiger partial charge in [-0.1, -0.05) is 25.1 Å². The van der Waals surface area contributed by atoms with E-state index in [-0.39, 0.29) is 17.6 Å². The summed E-state index contributed by atoms with van der Waals surface area (Å²) in [4.78, 5) is 45.8. The molecule has 3 amide bonds. The topological polar surface area (TPSA) is 105 Å². The van der Waals surface area contributed by atoms with Gasteiger partial charge in [-0.3, -0.25) is 14.6 Å².